The number of hydrogen-bond donors (Lipinski definition) is 7. The highest BCUT2D eigenvalue weighted by Gasteiger charge is 2.53. The Morgan fingerprint density at radius 1 is 0.467 bits per heavy atom. The average molecular weight is 861 g/mol. The molecule has 10 unspecified atom stereocenters. The Hall–Kier alpha value is -1.42. The number of carbonyl (C=O) groups excluding carboxylic acids is 2. The van der Waals surface area contributed by atoms with Crippen LogP contribution in [0.5, 0.6) is 0 Å². The van der Waals surface area contributed by atoms with E-state index in [0.29, 0.717) is 12.8 Å². The third kappa shape index (κ3) is 21.8. The molecule has 13 nitrogen and oxygen atoms in total. The molecule has 13 heteroatoms. The second-order valence-electron chi connectivity index (χ2n) is 18.0. The van der Waals surface area contributed by atoms with Gasteiger partial charge in [0.05, 0.1) is 0 Å². The van der Waals surface area contributed by atoms with E-state index < -0.39 is 85.9 Å². The van der Waals surface area contributed by atoms with Crippen LogP contribution >= 0.6 is 0 Å². The summed E-state index contributed by atoms with van der Waals surface area (Å²) in [4.78, 5) is 25.8. The smallest absolute Gasteiger partial charge is 0.306 e. The van der Waals surface area contributed by atoms with Crippen molar-refractivity contribution in [2.24, 2.45) is 5.92 Å². The monoisotopic (exact) mass is 861 g/mol. The Kier molecular flexibility index (Phi) is 30.2. The van der Waals surface area contributed by atoms with Gasteiger partial charge in [-0.1, -0.05) is 181 Å². The Morgan fingerprint density at radius 3 is 1.30 bits per heavy atom. The van der Waals surface area contributed by atoms with Gasteiger partial charge in [-0.3, -0.25) is 9.59 Å². The van der Waals surface area contributed by atoms with E-state index in [1.165, 1.54) is 122 Å². The minimum Gasteiger partial charge on any atom is -0.463 e. The molecule has 2 fully saturated rings. The van der Waals surface area contributed by atoms with E-state index >= 15 is 0 Å². The van der Waals surface area contributed by atoms with E-state index in [9.17, 15) is 45.3 Å². The molecule has 2 rings (SSSR count). The van der Waals surface area contributed by atoms with E-state index in [2.05, 4.69) is 20.8 Å². The van der Waals surface area contributed by atoms with Crippen molar-refractivity contribution in [3.63, 3.8) is 0 Å². The topological polar surface area (TPSA) is 213 Å². The molecule has 7 N–H and O–H groups in total. The molecule has 10 atom stereocenters. The molecule has 1 aliphatic carbocycles. The fourth-order valence-corrected chi connectivity index (χ4v) is 8.44. The molecular formula is C47H88O13. The maximum Gasteiger partial charge on any atom is 0.306 e. The van der Waals surface area contributed by atoms with E-state index in [1.54, 1.807) is 0 Å². The van der Waals surface area contributed by atoms with E-state index in [4.69, 9.17) is 18.9 Å². The first kappa shape index (κ1) is 54.7. The largest absolute Gasteiger partial charge is 0.463 e. The molecule has 0 bridgehead atoms. The summed E-state index contributed by atoms with van der Waals surface area (Å²) in [6, 6.07) is 0. The highest BCUT2D eigenvalue weighted by molar-refractivity contribution is 5.70. The summed E-state index contributed by atoms with van der Waals surface area (Å²) in [5.74, 6) is -0.328. The van der Waals surface area contributed by atoms with Gasteiger partial charge in [0.1, 0.15) is 61.5 Å². The number of hydrogen-bond acceptors (Lipinski definition) is 13. The van der Waals surface area contributed by atoms with Crippen molar-refractivity contribution in [1.82, 2.24) is 0 Å². The van der Waals surface area contributed by atoms with Crippen LogP contribution in [-0.4, -0.2) is 122 Å². The molecule has 354 valence electrons. The predicted octanol–water partition coefficient (Wildman–Crippen LogP) is 7.08. The van der Waals surface area contributed by atoms with Crippen LogP contribution in [0, 0.1) is 5.92 Å². The van der Waals surface area contributed by atoms with E-state index in [-0.39, 0.29) is 12.8 Å². The summed E-state index contributed by atoms with van der Waals surface area (Å²) in [6.07, 6.45) is 12.5. The molecule has 1 aliphatic heterocycles. The molecular weight excluding hydrogens is 773 g/mol. The highest BCUT2D eigenvalue weighted by Crippen LogP contribution is 2.31. The first-order valence-electron chi connectivity index (χ1n) is 24.3. The molecule has 0 aromatic carbocycles. The summed E-state index contributed by atoms with van der Waals surface area (Å²) in [5, 5.41) is 73.5. The SMILES string of the molecule is CCCCCCCCCCCCCCCCC(=O)OC1C(COC(=O)CCCCCCCCCC(C)CCCCCC)OC(OC2C(O)C(O)C(O)C(O)C2O)C(O)C1O. The number of ether oxygens (including phenoxy) is 4. The fourth-order valence-electron chi connectivity index (χ4n) is 8.44. The van der Waals surface area contributed by atoms with Crippen LogP contribution in [0.4, 0.5) is 0 Å². The van der Waals surface area contributed by atoms with Crippen LogP contribution < -0.4 is 0 Å². The van der Waals surface area contributed by atoms with Gasteiger partial charge in [-0.15, -0.1) is 0 Å². The fraction of sp³-hybridized carbons (Fsp3) is 0.957. The minimum atomic E-state index is -1.89. The lowest BCUT2D eigenvalue weighted by molar-refractivity contribution is -0.340. The second-order valence-corrected chi connectivity index (χ2v) is 18.0. The first-order chi connectivity index (χ1) is 28.9. The lowest BCUT2D eigenvalue weighted by Crippen LogP contribution is -2.67. The minimum absolute atomic E-state index is 0.0839. The van der Waals surface area contributed by atoms with Crippen molar-refractivity contribution in [3.05, 3.63) is 0 Å². The standard InChI is InChI=1S/C47H88O13/c1-4-6-8-10-11-12-13-14-15-16-17-20-24-28-32-37(49)59-45-35(58-47(44(56)43(45)55)60-46-41(53)39(51)38(50)40(52)42(46)54)33-57-36(48)31-27-23-21-18-19-22-26-30-34(3)29-25-9-7-5-2/h34-35,38-47,50-56H,4-33H2,1-3H3. The Bertz CT molecular complexity index is 1060. The third-order valence-corrected chi connectivity index (χ3v) is 12.5. The average Bonchev–Trinajstić information content (AvgIpc) is 3.23. The van der Waals surface area contributed by atoms with Crippen molar-refractivity contribution in [3.8, 4) is 0 Å². The van der Waals surface area contributed by atoms with Crippen LogP contribution in [-0.2, 0) is 28.5 Å². The zero-order valence-electron chi connectivity index (χ0n) is 37.7. The normalized spacial score (nSPS) is 28.7. The van der Waals surface area contributed by atoms with Gasteiger partial charge >= 0.3 is 11.9 Å². The number of aliphatic hydroxyl groups excluding tert-OH is 7. The van der Waals surface area contributed by atoms with Crippen LogP contribution in [0.25, 0.3) is 0 Å². The van der Waals surface area contributed by atoms with Gasteiger partial charge in [-0.05, 0) is 18.8 Å². The maximum atomic E-state index is 13.0. The molecule has 0 spiro atoms. The van der Waals surface area contributed by atoms with Crippen LogP contribution in [0.3, 0.4) is 0 Å². The van der Waals surface area contributed by atoms with Crippen LogP contribution in [0.2, 0.25) is 0 Å². The number of aliphatic hydroxyl groups is 7. The van der Waals surface area contributed by atoms with Gasteiger partial charge in [0.15, 0.2) is 12.4 Å². The Balaban J connectivity index is 1.81. The first-order valence-corrected chi connectivity index (χ1v) is 24.3. The van der Waals surface area contributed by atoms with Gasteiger partial charge in [0.2, 0.25) is 0 Å². The summed E-state index contributed by atoms with van der Waals surface area (Å²) < 4.78 is 22.6. The summed E-state index contributed by atoms with van der Waals surface area (Å²) >= 11 is 0. The summed E-state index contributed by atoms with van der Waals surface area (Å²) in [7, 11) is 0. The zero-order valence-corrected chi connectivity index (χ0v) is 37.7. The zero-order chi connectivity index (χ0) is 44.1. The molecule has 0 aromatic heterocycles. The Morgan fingerprint density at radius 2 is 0.833 bits per heavy atom. The maximum absolute atomic E-state index is 13.0. The molecule has 1 heterocycles. The van der Waals surface area contributed by atoms with Gasteiger partial charge < -0.3 is 54.7 Å². The predicted molar refractivity (Wildman–Crippen MR) is 231 cm³/mol. The lowest BCUT2D eigenvalue weighted by atomic mass is 9.84. The van der Waals surface area contributed by atoms with Crippen LogP contribution in [0.1, 0.15) is 207 Å². The van der Waals surface area contributed by atoms with Gasteiger partial charge in [-0.2, -0.15) is 0 Å². The van der Waals surface area contributed by atoms with Crippen molar-refractivity contribution in [2.75, 3.05) is 6.61 Å². The van der Waals surface area contributed by atoms with Crippen molar-refractivity contribution >= 4 is 11.9 Å². The molecule has 1 saturated carbocycles. The van der Waals surface area contributed by atoms with Gasteiger partial charge in [-0.25, -0.2) is 0 Å². The summed E-state index contributed by atoms with van der Waals surface area (Å²) in [6.45, 7) is 6.38. The second kappa shape index (κ2) is 33.1. The molecule has 2 aliphatic rings. The highest BCUT2D eigenvalue weighted by atomic mass is 16.7. The van der Waals surface area contributed by atoms with E-state index in [1.807, 2.05) is 0 Å². The molecule has 60 heavy (non-hydrogen) atoms. The molecule has 0 amide bonds. The van der Waals surface area contributed by atoms with Crippen molar-refractivity contribution in [1.29, 1.82) is 0 Å². The molecule has 0 aromatic rings. The Labute approximate surface area is 362 Å². The van der Waals surface area contributed by atoms with Gasteiger partial charge in [0.25, 0.3) is 0 Å². The molecule has 0 radical (unpaired) electrons. The lowest BCUT2D eigenvalue weighted by Gasteiger charge is -2.46. The number of rotatable bonds is 35. The van der Waals surface area contributed by atoms with E-state index in [0.717, 1.165) is 44.4 Å². The van der Waals surface area contributed by atoms with Crippen molar-refractivity contribution in [2.45, 2.75) is 274 Å². The summed E-state index contributed by atoms with van der Waals surface area (Å²) in [5.41, 5.74) is 0. The van der Waals surface area contributed by atoms with Crippen LogP contribution in [0.15, 0.2) is 0 Å². The quantitative estimate of drug-likeness (QED) is 0.0251. The van der Waals surface area contributed by atoms with Crippen molar-refractivity contribution < 1.29 is 64.3 Å². The molecule has 1 saturated heterocycles. The number of esters is 2. The third-order valence-electron chi connectivity index (χ3n) is 12.5. The number of unbranched alkanes of at least 4 members (excludes halogenated alkanes) is 22. The number of carbonyl (C=O) groups is 2. The van der Waals surface area contributed by atoms with Gasteiger partial charge in [0, 0.05) is 12.8 Å².